The number of carbonyl (C=O) groups is 2. The predicted octanol–water partition coefficient (Wildman–Crippen LogP) is 1.35. The fourth-order valence-corrected chi connectivity index (χ4v) is 4.60. The van der Waals surface area contributed by atoms with Gasteiger partial charge in [-0.25, -0.2) is 4.79 Å². The minimum Gasteiger partial charge on any atom is -0.381 e. The van der Waals surface area contributed by atoms with Gasteiger partial charge in [0.05, 0.1) is 18.7 Å². The molecular formula is C16H32N5O3PS. The van der Waals surface area contributed by atoms with E-state index >= 15 is 0 Å². The summed E-state index contributed by atoms with van der Waals surface area (Å²) < 4.78 is 11.2. The molecule has 2 fully saturated rings. The molecular weight excluding hydrogens is 373 g/mol. The number of hydrogen-bond acceptors (Lipinski definition) is 6. The van der Waals surface area contributed by atoms with Crippen LogP contribution < -0.4 is 21.3 Å². The van der Waals surface area contributed by atoms with E-state index in [9.17, 15) is 9.59 Å². The van der Waals surface area contributed by atoms with Gasteiger partial charge in [-0.05, 0) is 41.4 Å². The molecule has 0 aromatic heterocycles. The molecule has 2 aliphatic rings. The van der Waals surface area contributed by atoms with Crippen molar-refractivity contribution in [2.75, 3.05) is 39.1 Å². The summed E-state index contributed by atoms with van der Waals surface area (Å²) in [6.07, 6.45) is 4.91. The Morgan fingerprint density at radius 1 is 1.38 bits per heavy atom. The summed E-state index contributed by atoms with van der Waals surface area (Å²) in [5, 5.41) is 15.1. The third-order valence-corrected chi connectivity index (χ3v) is 5.93. The molecule has 0 bridgehead atoms. The van der Waals surface area contributed by atoms with Crippen LogP contribution in [0.4, 0.5) is 4.79 Å². The fraction of sp³-hybridized carbons (Fsp3) is 0.875. The highest BCUT2D eigenvalue weighted by Crippen LogP contribution is 2.32. The van der Waals surface area contributed by atoms with Crippen LogP contribution in [0, 0.1) is 5.15 Å². The van der Waals surface area contributed by atoms with Crippen molar-refractivity contribution >= 4 is 32.7 Å². The number of hydrogen-bond donors (Lipinski definition) is 5. The number of rotatable bonds is 12. The first-order valence-electron chi connectivity index (χ1n) is 9.55. The van der Waals surface area contributed by atoms with Crippen LogP contribution in [-0.2, 0) is 9.53 Å². The number of thioether (sulfide) groups is 1. The lowest BCUT2D eigenvalue weighted by Crippen LogP contribution is -2.36. The van der Waals surface area contributed by atoms with Crippen molar-refractivity contribution in [3.8, 4) is 0 Å². The second-order valence-electron chi connectivity index (χ2n) is 6.26. The van der Waals surface area contributed by atoms with Gasteiger partial charge >= 0.3 is 6.03 Å². The molecule has 0 radical (unpaired) electrons. The summed E-state index contributed by atoms with van der Waals surface area (Å²) >= 11 is 1.98. The van der Waals surface area contributed by atoms with Crippen molar-refractivity contribution in [1.29, 1.82) is 5.15 Å². The van der Waals surface area contributed by atoms with E-state index in [1.165, 1.54) is 6.42 Å². The maximum atomic E-state index is 11.3. The van der Waals surface area contributed by atoms with Gasteiger partial charge in [0.25, 0.3) is 0 Å². The number of amides is 3. The highest BCUT2D eigenvalue weighted by Gasteiger charge is 2.42. The molecule has 8 nitrogen and oxygen atoms in total. The molecule has 0 aromatic rings. The Balaban J connectivity index is 0.00000114. The molecule has 0 aromatic carbocycles. The minimum absolute atomic E-state index is 0.00508. The summed E-state index contributed by atoms with van der Waals surface area (Å²) in [7, 11) is 4.11. The first-order chi connectivity index (χ1) is 13.1. The zero-order valence-electron chi connectivity index (χ0n) is 16.4. The topological polar surface area (TPSA) is 115 Å². The smallest absolute Gasteiger partial charge is 0.315 e. The molecule has 2 rings (SSSR count). The summed E-state index contributed by atoms with van der Waals surface area (Å²) in [5.74, 6) is 1.06. The molecule has 3 amide bonds. The van der Waals surface area contributed by atoms with Gasteiger partial charge in [0, 0.05) is 31.1 Å². The van der Waals surface area contributed by atoms with Crippen LogP contribution in [-0.4, -0.2) is 68.4 Å². The SMILES string of the molecule is CNC(=O)CCOCCCNCCCCC1SCC2NC(=O)NC21.[2H]N=P. The van der Waals surface area contributed by atoms with Crippen LogP contribution in [0.3, 0.4) is 0 Å². The van der Waals surface area contributed by atoms with E-state index in [1.807, 2.05) is 11.8 Å². The standard InChI is InChI=1S/C16H30N4O3S.H2NP/c1-17-14(21)6-10-23-9-4-8-18-7-3-2-5-13-15-12(11-24-13)19-16(22)20-15;1-2/h12-13,15,18H,2-11H2,1H3,(H,17,21)(H2,19,20,22);1-2H/i/hD. The Labute approximate surface area is 163 Å². The van der Waals surface area contributed by atoms with Crippen LogP contribution in [0.15, 0.2) is 0 Å². The van der Waals surface area contributed by atoms with E-state index in [2.05, 4.69) is 35.5 Å². The third-order valence-electron chi connectivity index (χ3n) is 4.42. The second kappa shape index (κ2) is 14.2. The van der Waals surface area contributed by atoms with E-state index < -0.39 is 0 Å². The van der Waals surface area contributed by atoms with Gasteiger partial charge in [0.1, 0.15) is 0 Å². The Morgan fingerprint density at radius 3 is 2.92 bits per heavy atom. The lowest BCUT2D eigenvalue weighted by molar-refractivity contribution is -0.121. The van der Waals surface area contributed by atoms with Crippen LogP contribution >= 0.6 is 20.8 Å². The Bertz CT molecular complexity index is 464. The lowest BCUT2D eigenvalue weighted by atomic mass is 10.0. The molecule has 2 saturated heterocycles. The highest BCUT2D eigenvalue weighted by molar-refractivity contribution is 8.00. The Kier molecular flexibility index (Phi) is 11.7. The van der Waals surface area contributed by atoms with E-state index in [-0.39, 0.29) is 11.9 Å². The summed E-state index contributed by atoms with van der Waals surface area (Å²) in [5.41, 5.74) is 0. The van der Waals surface area contributed by atoms with Crippen molar-refractivity contribution in [3.05, 3.63) is 0 Å². The van der Waals surface area contributed by atoms with Crippen LogP contribution in [0.25, 0.3) is 0 Å². The summed E-state index contributed by atoms with van der Waals surface area (Å²) in [4.78, 5) is 22.3. The average molecular weight is 407 g/mol. The molecule has 0 aliphatic carbocycles. The van der Waals surface area contributed by atoms with Crippen molar-refractivity contribution < 1.29 is 15.7 Å². The molecule has 2 aliphatic heterocycles. The van der Waals surface area contributed by atoms with Crippen molar-refractivity contribution in [2.24, 2.45) is 0 Å². The van der Waals surface area contributed by atoms with Gasteiger partial charge in [-0.1, -0.05) is 6.42 Å². The van der Waals surface area contributed by atoms with Crippen molar-refractivity contribution in [2.45, 2.75) is 49.4 Å². The molecule has 0 spiro atoms. The predicted molar refractivity (Wildman–Crippen MR) is 107 cm³/mol. The zero-order valence-corrected chi connectivity index (χ0v) is 17.2. The van der Waals surface area contributed by atoms with Crippen LogP contribution in [0.1, 0.15) is 32.1 Å². The molecule has 5 N–H and O–H groups in total. The average Bonchev–Trinajstić information content (AvgIpc) is 3.19. The molecule has 0 saturated carbocycles. The van der Waals surface area contributed by atoms with Gasteiger partial charge in [-0.3, -0.25) is 9.95 Å². The molecule has 3 atom stereocenters. The largest absolute Gasteiger partial charge is 0.381 e. The number of nitrogens with one attached hydrogen (secondary N) is 5. The summed E-state index contributed by atoms with van der Waals surface area (Å²) in [6, 6.07) is 0.644. The monoisotopic (exact) mass is 406 g/mol. The molecule has 10 heteroatoms. The Morgan fingerprint density at radius 2 is 2.15 bits per heavy atom. The number of carbonyl (C=O) groups excluding carboxylic acids is 2. The number of ether oxygens (including phenoxy) is 1. The van der Waals surface area contributed by atoms with E-state index in [0.29, 0.717) is 37.0 Å². The molecule has 150 valence electrons. The van der Waals surface area contributed by atoms with Crippen molar-refractivity contribution in [3.63, 3.8) is 0 Å². The lowest BCUT2D eigenvalue weighted by Gasteiger charge is -2.16. The number of urea groups is 1. The maximum Gasteiger partial charge on any atom is 0.315 e. The minimum atomic E-state index is -0.00508. The highest BCUT2D eigenvalue weighted by atomic mass is 32.2. The Hall–Kier alpha value is -0.890. The number of fused-ring (bicyclic) bond motifs is 1. The first kappa shape index (κ1) is 21.4. The van der Waals surface area contributed by atoms with E-state index in [4.69, 9.17) is 6.15 Å². The maximum absolute atomic E-state index is 11.3. The van der Waals surface area contributed by atoms with Gasteiger partial charge in [-0.2, -0.15) is 11.8 Å². The van der Waals surface area contributed by atoms with Gasteiger partial charge in [0.2, 0.25) is 5.91 Å². The second-order valence-corrected chi connectivity index (χ2v) is 7.53. The zero-order chi connectivity index (χ0) is 19.9. The third kappa shape index (κ3) is 8.66. The van der Waals surface area contributed by atoms with Crippen LogP contribution in [0.5, 0.6) is 0 Å². The van der Waals surface area contributed by atoms with E-state index in [1.54, 1.807) is 7.05 Å². The molecule has 3 unspecified atom stereocenters. The van der Waals surface area contributed by atoms with Gasteiger partial charge in [0.15, 0.2) is 1.41 Å². The van der Waals surface area contributed by atoms with Crippen molar-refractivity contribution in [1.82, 2.24) is 21.3 Å². The quantitative estimate of drug-likeness (QED) is 0.191. The van der Waals surface area contributed by atoms with Gasteiger partial charge in [-0.15, -0.1) is 0 Å². The summed E-state index contributed by atoms with van der Waals surface area (Å²) in [6.45, 7) is 3.15. The van der Waals surface area contributed by atoms with E-state index in [0.717, 1.165) is 38.1 Å². The fourth-order valence-electron chi connectivity index (χ4n) is 3.05. The van der Waals surface area contributed by atoms with Gasteiger partial charge < -0.3 is 26.0 Å². The van der Waals surface area contributed by atoms with Crippen LogP contribution in [0.2, 0.25) is 1.41 Å². The molecule has 2 heterocycles. The molecule has 26 heavy (non-hydrogen) atoms. The first-order valence-corrected chi connectivity index (χ1v) is 10.6. The number of unbranched alkanes of at least 4 members (excludes halogenated alkanes) is 1. The normalized spacial score (nSPS) is 23.8.